The fourth-order valence-electron chi connectivity index (χ4n) is 3.44. The van der Waals surface area contributed by atoms with E-state index in [2.05, 4.69) is 43.1 Å². The zero-order valence-corrected chi connectivity index (χ0v) is 15.6. The van der Waals surface area contributed by atoms with Crippen molar-refractivity contribution in [3.63, 3.8) is 0 Å². The first-order chi connectivity index (χ1) is 11.9. The van der Waals surface area contributed by atoms with Gasteiger partial charge in [0.15, 0.2) is 5.79 Å². The van der Waals surface area contributed by atoms with E-state index < -0.39 is 0 Å². The molecule has 0 radical (unpaired) electrons. The first-order valence-corrected chi connectivity index (χ1v) is 9.27. The summed E-state index contributed by atoms with van der Waals surface area (Å²) >= 11 is 0. The van der Waals surface area contributed by atoms with Gasteiger partial charge in [0, 0.05) is 44.6 Å². The molecule has 1 amide bonds. The van der Waals surface area contributed by atoms with Crippen LogP contribution in [0, 0.1) is 0 Å². The molecule has 0 aromatic heterocycles. The Hall–Kier alpha value is -1.43. The van der Waals surface area contributed by atoms with E-state index in [1.807, 2.05) is 12.1 Å². The molecule has 1 aromatic carbocycles. The Morgan fingerprint density at radius 1 is 1.12 bits per heavy atom. The SMILES string of the molecule is CC(C)(C)c1ccc(NC(=O)CCN2CCC3(CC2)OCCO3)cc1. The molecule has 2 heterocycles. The minimum atomic E-state index is -0.340. The van der Waals surface area contributed by atoms with Crippen LogP contribution in [0.25, 0.3) is 0 Å². The number of rotatable bonds is 4. The summed E-state index contributed by atoms with van der Waals surface area (Å²) in [5, 5.41) is 2.99. The quantitative estimate of drug-likeness (QED) is 0.910. The van der Waals surface area contributed by atoms with Gasteiger partial charge in [-0.25, -0.2) is 0 Å². The molecule has 2 fully saturated rings. The maximum atomic E-state index is 12.2. The number of piperidine rings is 1. The van der Waals surface area contributed by atoms with E-state index in [4.69, 9.17) is 9.47 Å². The molecule has 0 unspecified atom stereocenters. The Kier molecular flexibility index (Phi) is 5.46. The summed E-state index contributed by atoms with van der Waals surface area (Å²) in [7, 11) is 0. The third-order valence-electron chi connectivity index (χ3n) is 5.12. The second kappa shape index (κ2) is 7.44. The van der Waals surface area contributed by atoms with Gasteiger partial charge >= 0.3 is 0 Å². The molecule has 0 saturated carbocycles. The van der Waals surface area contributed by atoms with Gasteiger partial charge in [0.2, 0.25) is 5.91 Å². The van der Waals surface area contributed by atoms with Crippen LogP contribution in [-0.2, 0) is 19.7 Å². The van der Waals surface area contributed by atoms with E-state index in [1.54, 1.807) is 0 Å². The number of anilines is 1. The Labute approximate surface area is 150 Å². The average Bonchev–Trinajstić information content (AvgIpc) is 3.02. The molecule has 1 aromatic rings. The summed E-state index contributed by atoms with van der Waals surface area (Å²) in [4.78, 5) is 14.5. The third-order valence-corrected chi connectivity index (χ3v) is 5.12. The average molecular weight is 346 g/mol. The van der Waals surface area contributed by atoms with Crippen LogP contribution in [0.5, 0.6) is 0 Å². The van der Waals surface area contributed by atoms with Gasteiger partial charge in [-0.05, 0) is 23.1 Å². The van der Waals surface area contributed by atoms with Crippen molar-refractivity contribution >= 4 is 11.6 Å². The number of nitrogens with zero attached hydrogens (tertiary/aromatic N) is 1. The minimum Gasteiger partial charge on any atom is -0.347 e. The fraction of sp³-hybridized carbons (Fsp3) is 0.650. The number of carbonyl (C=O) groups is 1. The lowest BCUT2D eigenvalue weighted by molar-refractivity contribution is -0.185. The molecular weight excluding hydrogens is 316 g/mol. The number of hydrogen-bond donors (Lipinski definition) is 1. The van der Waals surface area contributed by atoms with Crippen molar-refractivity contribution in [2.45, 2.75) is 51.2 Å². The van der Waals surface area contributed by atoms with Crippen LogP contribution in [-0.4, -0.2) is 49.4 Å². The maximum absolute atomic E-state index is 12.2. The molecule has 5 nitrogen and oxygen atoms in total. The van der Waals surface area contributed by atoms with Crippen molar-refractivity contribution in [2.75, 3.05) is 38.2 Å². The zero-order valence-electron chi connectivity index (χ0n) is 15.6. The Balaban J connectivity index is 1.41. The van der Waals surface area contributed by atoms with Crippen LogP contribution in [0.2, 0.25) is 0 Å². The molecule has 5 heteroatoms. The van der Waals surface area contributed by atoms with Crippen LogP contribution in [0.3, 0.4) is 0 Å². The van der Waals surface area contributed by atoms with Gasteiger partial charge in [0.05, 0.1) is 13.2 Å². The molecule has 0 aliphatic carbocycles. The van der Waals surface area contributed by atoms with E-state index in [9.17, 15) is 4.79 Å². The van der Waals surface area contributed by atoms with E-state index in [1.165, 1.54) is 5.56 Å². The van der Waals surface area contributed by atoms with E-state index >= 15 is 0 Å². The molecule has 2 aliphatic rings. The molecule has 25 heavy (non-hydrogen) atoms. The van der Waals surface area contributed by atoms with Crippen LogP contribution in [0.4, 0.5) is 5.69 Å². The number of benzene rings is 1. The van der Waals surface area contributed by atoms with E-state index in [0.717, 1.165) is 38.2 Å². The molecule has 1 spiro atoms. The second-order valence-electron chi connectivity index (χ2n) is 8.07. The summed E-state index contributed by atoms with van der Waals surface area (Å²) in [6.07, 6.45) is 2.29. The van der Waals surface area contributed by atoms with Gasteiger partial charge in [-0.1, -0.05) is 32.9 Å². The number of nitrogens with one attached hydrogen (secondary N) is 1. The number of hydrogen-bond acceptors (Lipinski definition) is 4. The highest BCUT2D eigenvalue weighted by molar-refractivity contribution is 5.90. The molecule has 138 valence electrons. The minimum absolute atomic E-state index is 0.0668. The zero-order chi connectivity index (χ0) is 17.9. The van der Waals surface area contributed by atoms with Crippen molar-refractivity contribution in [3.05, 3.63) is 29.8 Å². The fourth-order valence-corrected chi connectivity index (χ4v) is 3.44. The predicted molar refractivity (Wildman–Crippen MR) is 98.7 cm³/mol. The Morgan fingerprint density at radius 2 is 1.72 bits per heavy atom. The van der Waals surface area contributed by atoms with Gasteiger partial charge in [0.25, 0.3) is 0 Å². The van der Waals surface area contributed by atoms with Crippen molar-refractivity contribution in [1.29, 1.82) is 0 Å². The lowest BCUT2D eigenvalue weighted by Crippen LogP contribution is -2.45. The lowest BCUT2D eigenvalue weighted by atomic mass is 9.87. The Bertz CT molecular complexity index is 576. The van der Waals surface area contributed by atoms with Crippen LogP contribution in [0.1, 0.15) is 45.6 Å². The van der Waals surface area contributed by atoms with Gasteiger partial charge in [-0.15, -0.1) is 0 Å². The van der Waals surface area contributed by atoms with Gasteiger partial charge < -0.3 is 19.7 Å². The molecule has 0 atom stereocenters. The molecule has 1 N–H and O–H groups in total. The van der Waals surface area contributed by atoms with E-state index in [-0.39, 0.29) is 17.1 Å². The smallest absolute Gasteiger partial charge is 0.225 e. The third kappa shape index (κ3) is 4.81. The highest BCUT2D eigenvalue weighted by Gasteiger charge is 2.39. The van der Waals surface area contributed by atoms with Gasteiger partial charge in [-0.2, -0.15) is 0 Å². The number of carbonyl (C=O) groups excluding carboxylic acids is 1. The summed E-state index contributed by atoms with van der Waals surface area (Å²) < 4.78 is 11.5. The van der Waals surface area contributed by atoms with Crippen molar-refractivity contribution in [3.8, 4) is 0 Å². The number of amides is 1. The monoisotopic (exact) mass is 346 g/mol. The van der Waals surface area contributed by atoms with Crippen LogP contribution >= 0.6 is 0 Å². The van der Waals surface area contributed by atoms with E-state index in [0.29, 0.717) is 19.6 Å². The standard InChI is InChI=1S/C20H30N2O3/c1-19(2,3)16-4-6-17(7-5-16)21-18(23)8-11-22-12-9-20(10-13-22)24-14-15-25-20/h4-7H,8-15H2,1-3H3,(H,21,23). The van der Waals surface area contributed by atoms with Crippen LogP contribution < -0.4 is 5.32 Å². The first-order valence-electron chi connectivity index (χ1n) is 9.27. The molecule has 2 aliphatic heterocycles. The molecule has 0 bridgehead atoms. The highest BCUT2D eigenvalue weighted by Crippen LogP contribution is 2.31. The predicted octanol–water partition coefficient (Wildman–Crippen LogP) is 3.15. The summed E-state index contributed by atoms with van der Waals surface area (Å²) in [6, 6.07) is 8.14. The van der Waals surface area contributed by atoms with Crippen molar-refractivity contribution in [2.24, 2.45) is 0 Å². The second-order valence-corrected chi connectivity index (χ2v) is 8.07. The normalized spacial score (nSPS) is 20.8. The summed E-state index contributed by atoms with van der Waals surface area (Å²) in [5.74, 6) is -0.273. The lowest BCUT2D eigenvalue weighted by Gasteiger charge is -2.37. The molecule has 3 rings (SSSR count). The maximum Gasteiger partial charge on any atom is 0.225 e. The topological polar surface area (TPSA) is 50.8 Å². The van der Waals surface area contributed by atoms with Gasteiger partial charge in [-0.3, -0.25) is 4.79 Å². The molecular formula is C20H30N2O3. The first kappa shape index (κ1) is 18.4. The molecule has 2 saturated heterocycles. The largest absolute Gasteiger partial charge is 0.347 e. The van der Waals surface area contributed by atoms with Gasteiger partial charge in [0.1, 0.15) is 0 Å². The summed E-state index contributed by atoms with van der Waals surface area (Å²) in [5.41, 5.74) is 2.26. The van der Waals surface area contributed by atoms with Crippen molar-refractivity contribution < 1.29 is 14.3 Å². The highest BCUT2D eigenvalue weighted by atomic mass is 16.7. The Morgan fingerprint density at radius 3 is 2.28 bits per heavy atom. The van der Waals surface area contributed by atoms with Crippen LogP contribution in [0.15, 0.2) is 24.3 Å². The number of ether oxygens (including phenoxy) is 2. The number of likely N-dealkylation sites (tertiary alicyclic amines) is 1. The van der Waals surface area contributed by atoms with Crippen molar-refractivity contribution in [1.82, 2.24) is 4.90 Å². The summed E-state index contributed by atoms with van der Waals surface area (Å²) in [6.45, 7) is 10.6.